The van der Waals surface area contributed by atoms with Crippen LogP contribution in [0.4, 0.5) is 0 Å². The molecule has 21 heavy (non-hydrogen) atoms. The van der Waals surface area contributed by atoms with Crippen LogP contribution in [0.5, 0.6) is 5.75 Å². The number of ether oxygens (including phenoxy) is 1. The Kier molecular flexibility index (Phi) is 8.43. The maximum Gasteiger partial charge on any atom is 0.122 e. The Morgan fingerprint density at radius 2 is 2.05 bits per heavy atom. The number of rotatable bonds is 8. The summed E-state index contributed by atoms with van der Waals surface area (Å²) in [6, 6.07) is 8.49. The van der Waals surface area contributed by atoms with E-state index in [0.29, 0.717) is 19.2 Å². The lowest BCUT2D eigenvalue weighted by Gasteiger charge is -2.17. The Balaban J connectivity index is 0.00000220. The zero-order chi connectivity index (χ0) is 14.2. The second-order valence-electron chi connectivity index (χ2n) is 5.45. The predicted octanol–water partition coefficient (Wildman–Crippen LogP) is 3.11. The first kappa shape index (κ1) is 18.0. The van der Waals surface area contributed by atoms with Crippen LogP contribution in [0, 0.1) is 0 Å². The molecule has 118 valence electrons. The summed E-state index contributed by atoms with van der Waals surface area (Å²) in [6.07, 6.45) is 7.25. The highest BCUT2D eigenvalue weighted by molar-refractivity contribution is 5.85. The van der Waals surface area contributed by atoms with Crippen molar-refractivity contribution >= 4 is 12.4 Å². The molecular weight excluding hydrogens is 286 g/mol. The number of hydrogen-bond acceptors (Lipinski definition) is 3. The average Bonchev–Trinajstić information content (AvgIpc) is 2.98. The first-order chi connectivity index (χ1) is 9.79. The van der Waals surface area contributed by atoms with Gasteiger partial charge in [-0.15, -0.1) is 19.0 Å². The summed E-state index contributed by atoms with van der Waals surface area (Å²) in [7, 11) is 0. The van der Waals surface area contributed by atoms with Gasteiger partial charge in [0.25, 0.3) is 0 Å². The quantitative estimate of drug-likeness (QED) is 0.725. The molecule has 1 aromatic rings. The second-order valence-corrected chi connectivity index (χ2v) is 5.45. The van der Waals surface area contributed by atoms with Crippen LogP contribution >= 0.6 is 12.4 Å². The Morgan fingerprint density at radius 3 is 2.76 bits per heavy atom. The topological polar surface area (TPSA) is 41.5 Å². The predicted molar refractivity (Wildman–Crippen MR) is 89.4 cm³/mol. The molecule has 1 saturated carbocycles. The van der Waals surface area contributed by atoms with E-state index in [-0.39, 0.29) is 12.4 Å². The molecule has 0 aromatic heterocycles. The molecule has 0 heterocycles. The standard InChI is InChI=1S/C17H25NO2.ClH/c1-2-7-14-8-3-6-11-17(14)20-13-16(19)12-18-15-9-4-5-10-15;/h2-3,6,8,11,15-16,18-19H,1,4-5,7,9-10,12-13H2;1H. The highest BCUT2D eigenvalue weighted by Gasteiger charge is 2.16. The Labute approximate surface area is 133 Å². The molecule has 1 aliphatic carbocycles. The van der Waals surface area contributed by atoms with E-state index in [1.807, 2.05) is 30.3 Å². The second kappa shape index (κ2) is 9.82. The largest absolute Gasteiger partial charge is 0.491 e. The summed E-state index contributed by atoms with van der Waals surface area (Å²) in [5, 5.41) is 13.4. The number of allylic oxidation sites excluding steroid dienone is 1. The van der Waals surface area contributed by atoms with Crippen molar-refractivity contribution in [3.05, 3.63) is 42.5 Å². The average molecular weight is 312 g/mol. The SMILES string of the molecule is C=CCc1ccccc1OCC(O)CNC1CCCC1.Cl. The van der Waals surface area contributed by atoms with E-state index < -0.39 is 6.10 Å². The molecule has 0 spiro atoms. The molecular formula is C17H26ClNO2. The van der Waals surface area contributed by atoms with E-state index in [1.165, 1.54) is 25.7 Å². The van der Waals surface area contributed by atoms with Crippen molar-refractivity contribution in [2.75, 3.05) is 13.2 Å². The fourth-order valence-electron chi connectivity index (χ4n) is 2.65. The summed E-state index contributed by atoms with van der Waals surface area (Å²) in [5.41, 5.74) is 1.11. The van der Waals surface area contributed by atoms with Crippen molar-refractivity contribution in [3.8, 4) is 5.75 Å². The van der Waals surface area contributed by atoms with Crippen molar-refractivity contribution in [3.63, 3.8) is 0 Å². The fourth-order valence-corrected chi connectivity index (χ4v) is 2.65. The number of halogens is 1. The van der Waals surface area contributed by atoms with E-state index in [1.54, 1.807) is 0 Å². The van der Waals surface area contributed by atoms with Crippen LogP contribution in [0.25, 0.3) is 0 Å². The molecule has 1 aliphatic rings. The molecule has 0 radical (unpaired) electrons. The molecule has 1 fully saturated rings. The summed E-state index contributed by atoms with van der Waals surface area (Å²) >= 11 is 0. The number of aliphatic hydroxyl groups excluding tert-OH is 1. The van der Waals surface area contributed by atoms with Crippen molar-refractivity contribution in [2.24, 2.45) is 0 Å². The van der Waals surface area contributed by atoms with Crippen molar-refractivity contribution in [1.29, 1.82) is 0 Å². The van der Waals surface area contributed by atoms with Crippen LogP contribution in [-0.4, -0.2) is 30.4 Å². The van der Waals surface area contributed by atoms with E-state index in [4.69, 9.17) is 4.74 Å². The maximum absolute atomic E-state index is 9.98. The molecule has 3 nitrogen and oxygen atoms in total. The van der Waals surface area contributed by atoms with Crippen molar-refractivity contribution < 1.29 is 9.84 Å². The highest BCUT2D eigenvalue weighted by Crippen LogP contribution is 2.19. The molecule has 0 aliphatic heterocycles. The van der Waals surface area contributed by atoms with Crippen LogP contribution in [0.2, 0.25) is 0 Å². The Morgan fingerprint density at radius 1 is 1.33 bits per heavy atom. The lowest BCUT2D eigenvalue weighted by atomic mass is 10.1. The molecule has 4 heteroatoms. The van der Waals surface area contributed by atoms with Crippen LogP contribution < -0.4 is 10.1 Å². The van der Waals surface area contributed by atoms with Crippen LogP contribution in [0.1, 0.15) is 31.2 Å². The zero-order valence-corrected chi connectivity index (χ0v) is 13.3. The summed E-state index contributed by atoms with van der Waals surface area (Å²) in [4.78, 5) is 0. The van der Waals surface area contributed by atoms with Gasteiger partial charge in [0.2, 0.25) is 0 Å². The number of para-hydroxylation sites is 1. The van der Waals surface area contributed by atoms with E-state index >= 15 is 0 Å². The third-order valence-corrected chi connectivity index (χ3v) is 3.77. The molecule has 1 unspecified atom stereocenters. The molecule has 0 amide bonds. The maximum atomic E-state index is 9.98. The highest BCUT2D eigenvalue weighted by atomic mass is 35.5. The van der Waals surface area contributed by atoms with Gasteiger partial charge in [0.1, 0.15) is 18.5 Å². The van der Waals surface area contributed by atoms with Gasteiger partial charge in [-0.3, -0.25) is 0 Å². The van der Waals surface area contributed by atoms with Crippen LogP contribution in [0.15, 0.2) is 36.9 Å². The van der Waals surface area contributed by atoms with E-state index in [2.05, 4.69) is 11.9 Å². The fraction of sp³-hybridized carbons (Fsp3) is 0.529. The van der Waals surface area contributed by atoms with Crippen molar-refractivity contribution in [2.45, 2.75) is 44.2 Å². The van der Waals surface area contributed by atoms with Gasteiger partial charge in [-0.25, -0.2) is 0 Å². The van der Waals surface area contributed by atoms with Gasteiger partial charge in [0, 0.05) is 12.6 Å². The van der Waals surface area contributed by atoms with Gasteiger partial charge < -0.3 is 15.2 Å². The molecule has 0 saturated heterocycles. The van der Waals surface area contributed by atoms with Gasteiger partial charge >= 0.3 is 0 Å². The van der Waals surface area contributed by atoms with E-state index in [9.17, 15) is 5.11 Å². The number of hydrogen-bond donors (Lipinski definition) is 2. The number of nitrogens with one attached hydrogen (secondary N) is 1. The van der Waals surface area contributed by atoms with Crippen LogP contribution in [0.3, 0.4) is 0 Å². The molecule has 2 N–H and O–H groups in total. The molecule has 1 aromatic carbocycles. The molecule has 2 rings (SSSR count). The Bertz CT molecular complexity index is 419. The van der Waals surface area contributed by atoms with Gasteiger partial charge in [-0.1, -0.05) is 37.1 Å². The summed E-state index contributed by atoms with van der Waals surface area (Å²) < 4.78 is 5.73. The normalized spacial score (nSPS) is 16.2. The zero-order valence-electron chi connectivity index (χ0n) is 12.5. The third-order valence-electron chi connectivity index (χ3n) is 3.77. The van der Waals surface area contributed by atoms with E-state index in [0.717, 1.165) is 17.7 Å². The first-order valence-electron chi connectivity index (χ1n) is 7.52. The van der Waals surface area contributed by atoms with Crippen molar-refractivity contribution in [1.82, 2.24) is 5.32 Å². The van der Waals surface area contributed by atoms with Gasteiger partial charge in [0.15, 0.2) is 0 Å². The number of benzene rings is 1. The van der Waals surface area contributed by atoms with Crippen LogP contribution in [-0.2, 0) is 6.42 Å². The minimum absolute atomic E-state index is 0. The molecule has 1 atom stereocenters. The van der Waals surface area contributed by atoms with Gasteiger partial charge in [-0.05, 0) is 30.9 Å². The number of aliphatic hydroxyl groups is 1. The smallest absolute Gasteiger partial charge is 0.122 e. The molecule has 0 bridgehead atoms. The summed E-state index contributed by atoms with van der Waals surface area (Å²) in [6.45, 7) is 4.68. The van der Waals surface area contributed by atoms with Gasteiger partial charge in [0.05, 0.1) is 0 Å². The lowest BCUT2D eigenvalue weighted by molar-refractivity contribution is 0.103. The third kappa shape index (κ3) is 6.08. The monoisotopic (exact) mass is 311 g/mol. The lowest BCUT2D eigenvalue weighted by Crippen LogP contribution is -2.36. The van der Waals surface area contributed by atoms with Gasteiger partial charge in [-0.2, -0.15) is 0 Å². The summed E-state index contributed by atoms with van der Waals surface area (Å²) in [5.74, 6) is 0.840. The Hall–Kier alpha value is -1.03. The minimum Gasteiger partial charge on any atom is -0.491 e. The first-order valence-corrected chi connectivity index (χ1v) is 7.52. The minimum atomic E-state index is -0.465.